The van der Waals surface area contributed by atoms with Gasteiger partial charge in [0.25, 0.3) is 5.91 Å². The Labute approximate surface area is 302 Å². The van der Waals surface area contributed by atoms with Crippen LogP contribution in [-0.2, 0) is 24.5 Å². The third-order valence-corrected chi connectivity index (χ3v) is 11.0. The number of carbonyl (C=O) groups excluding carboxylic acids is 3. The molecular formula is C35H48N6O8S2. The fourth-order valence-electron chi connectivity index (χ4n) is 5.67. The van der Waals surface area contributed by atoms with Gasteiger partial charge in [0.15, 0.2) is 5.43 Å². The van der Waals surface area contributed by atoms with E-state index in [1.807, 2.05) is 23.1 Å². The van der Waals surface area contributed by atoms with Gasteiger partial charge in [0, 0.05) is 49.0 Å². The third-order valence-electron chi connectivity index (χ3n) is 8.72. The number of aromatic nitrogens is 2. The highest BCUT2D eigenvalue weighted by molar-refractivity contribution is 7.87. The monoisotopic (exact) mass is 744 g/mol. The van der Waals surface area contributed by atoms with E-state index in [1.165, 1.54) is 25.1 Å². The van der Waals surface area contributed by atoms with Crippen molar-refractivity contribution < 1.29 is 32.3 Å². The largest absolute Gasteiger partial charge is 0.496 e. The lowest BCUT2D eigenvalue weighted by molar-refractivity contribution is -0.131. The summed E-state index contributed by atoms with van der Waals surface area (Å²) >= 11 is 1.55. The number of thiazole rings is 1. The Bertz CT molecular complexity index is 1980. The molecule has 0 radical (unpaired) electrons. The lowest BCUT2D eigenvalue weighted by atomic mass is 10.1. The maximum Gasteiger partial charge on any atom is 0.410 e. The lowest BCUT2D eigenvalue weighted by Crippen LogP contribution is -2.57. The summed E-state index contributed by atoms with van der Waals surface area (Å²) in [5.74, 6) is -0.608. The van der Waals surface area contributed by atoms with Gasteiger partial charge in [-0.15, -0.1) is 17.9 Å². The van der Waals surface area contributed by atoms with E-state index >= 15 is 0 Å². The van der Waals surface area contributed by atoms with Crippen LogP contribution >= 0.6 is 11.3 Å². The number of methoxy groups -OCH3 is 1. The average molecular weight is 745 g/mol. The molecule has 3 amide bonds. The summed E-state index contributed by atoms with van der Waals surface area (Å²) in [5.41, 5.74) is 1.43. The first-order valence-corrected chi connectivity index (χ1v) is 18.9. The molecule has 278 valence electrons. The summed E-state index contributed by atoms with van der Waals surface area (Å²) in [7, 11) is 0.198. The van der Waals surface area contributed by atoms with E-state index in [0.29, 0.717) is 30.7 Å². The van der Waals surface area contributed by atoms with Crippen LogP contribution in [0.2, 0.25) is 0 Å². The van der Waals surface area contributed by atoms with Crippen LogP contribution in [0.15, 0.2) is 41.0 Å². The van der Waals surface area contributed by atoms with Crippen molar-refractivity contribution in [3.05, 3.63) is 57.7 Å². The Morgan fingerprint density at radius 1 is 1.24 bits per heavy atom. The van der Waals surface area contributed by atoms with Crippen molar-refractivity contribution >= 4 is 50.4 Å². The number of rotatable bonds is 9. The number of hydrogen-bond donors (Lipinski definition) is 3. The van der Waals surface area contributed by atoms with Gasteiger partial charge in [-0.3, -0.25) is 19.3 Å². The Morgan fingerprint density at radius 3 is 2.47 bits per heavy atom. The predicted molar refractivity (Wildman–Crippen MR) is 197 cm³/mol. The molecule has 1 aliphatic heterocycles. The van der Waals surface area contributed by atoms with E-state index in [9.17, 15) is 27.6 Å². The second kappa shape index (κ2) is 15.1. The molecular weight excluding hydrogens is 697 g/mol. The van der Waals surface area contributed by atoms with Crippen LogP contribution in [0.3, 0.4) is 0 Å². The van der Waals surface area contributed by atoms with E-state index < -0.39 is 51.2 Å². The second-order valence-corrected chi connectivity index (χ2v) is 16.9. The van der Waals surface area contributed by atoms with Crippen molar-refractivity contribution in [3.63, 3.8) is 0 Å². The van der Waals surface area contributed by atoms with Gasteiger partial charge in [-0.2, -0.15) is 12.7 Å². The lowest BCUT2D eigenvalue weighted by Gasteiger charge is -2.29. The summed E-state index contributed by atoms with van der Waals surface area (Å²) < 4.78 is 37.6. The van der Waals surface area contributed by atoms with Crippen LogP contribution in [0.4, 0.5) is 4.79 Å². The van der Waals surface area contributed by atoms with Crippen LogP contribution in [0.25, 0.3) is 21.6 Å². The summed E-state index contributed by atoms with van der Waals surface area (Å²) in [4.78, 5) is 59.7. The molecule has 1 aliphatic carbocycles. The van der Waals surface area contributed by atoms with Crippen molar-refractivity contribution in [2.45, 2.75) is 83.9 Å². The Morgan fingerprint density at radius 2 is 1.92 bits per heavy atom. The van der Waals surface area contributed by atoms with Gasteiger partial charge >= 0.3 is 16.3 Å². The molecule has 1 saturated carbocycles. The number of carbonyl (C=O) groups is 3. The van der Waals surface area contributed by atoms with Crippen molar-refractivity contribution in [1.82, 2.24) is 29.2 Å². The van der Waals surface area contributed by atoms with E-state index in [-0.39, 0.29) is 11.8 Å². The Balaban J connectivity index is 0.000000237. The quantitative estimate of drug-likeness (QED) is 0.267. The number of aromatic amines is 1. The first-order chi connectivity index (χ1) is 23.7. The molecule has 3 atom stereocenters. The number of aryl methyl sites for hydroxylation is 1. The van der Waals surface area contributed by atoms with Crippen LogP contribution in [0.5, 0.6) is 5.75 Å². The van der Waals surface area contributed by atoms with Crippen molar-refractivity contribution in [3.8, 4) is 16.5 Å². The fourth-order valence-corrected chi connectivity index (χ4v) is 7.22. The van der Waals surface area contributed by atoms with Gasteiger partial charge in [0.2, 0.25) is 5.91 Å². The van der Waals surface area contributed by atoms with Crippen LogP contribution in [-0.4, -0.2) is 90.4 Å². The smallest absolute Gasteiger partial charge is 0.410 e. The molecule has 2 fully saturated rings. The number of amides is 3. The molecule has 16 heteroatoms. The van der Waals surface area contributed by atoms with Gasteiger partial charge in [0.1, 0.15) is 27.9 Å². The van der Waals surface area contributed by atoms with Crippen molar-refractivity contribution in [2.24, 2.45) is 5.92 Å². The molecule has 5 rings (SSSR count). The molecule has 2 aromatic heterocycles. The van der Waals surface area contributed by atoms with E-state index in [4.69, 9.17) is 9.47 Å². The number of nitrogens with one attached hydrogen (secondary N) is 3. The molecule has 1 aromatic carbocycles. The molecule has 1 saturated heterocycles. The Hall–Kier alpha value is -4.28. The Kier molecular flexibility index (Phi) is 11.7. The average Bonchev–Trinajstić information content (AvgIpc) is 3.36. The van der Waals surface area contributed by atoms with Gasteiger partial charge in [-0.25, -0.2) is 14.5 Å². The highest BCUT2D eigenvalue weighted by atomic mass is 32.2. The second-order valence-electron chi connectivity index (χ2n) is 14.2. The summed E-state index contributed by atoms with van der Waals surface area (Å²) in [6.07, 6.45) is 2.19. The van der Waals surface area contributed by atoms with Crippen LogP contribution in [0, 0.1) is 12.8 Å². The van der Waals surface area contributed by atoms with Gasteiger partial charge in [-0.05, 0) is 65.0 Å². The first-order valence-electron chi connectivity index (χ1n) is 16.6. The van der Waals surface area contributed by atoms with Gasteiger partial charge in [0.05, 0.1) is 24.0 Å². The molecule has 2 aliphatic rings. The molecule has 3 N–H and O–H groups in total. The van der Waals surface area contributed by atoms with Crippen LogP contribution < -0.4 is 20.2 Å². The van der Waals surface area contributed by atoms with Crippen LogP contribution in [0.1, 0.15) is 71.1 Å². The van der Waals surface area contributed by atoms with E-state index in [2.05, 4.69) is 35.7 Å². The molecule has 0 bridgehead atoms. The van der Waals surface area contributed by atoms with Crippen molar-refractivity contribution in [1.29, 1.82) is 0 Å². The minimum absolute atomic E-state index is 0.00389. The topological polar surface area (TPSA) is 180 Å². The predicted octanol–water partition coefficient (Wildman–Crippen LogP) is 4.46. The number of likely N-dealkylation sites (tertiary alicyclic amines) is 1. The van der Waals surface area contributed by atoms with Crippen molar-refractivity contribution in [2.75, 3.05) is 27.7 Å². The molecule has 0 spiro atoms. The molecule has 3 aromatic rings. The number of ether oxygens (including phenoxy) is 2. The zero-order valence-electron chi connectivity index (χ0n) is 30.6. The number of nitrogens with zero attached hydrogens (tertiary/aromatic N) is 3. The zero-order chi connectivity index (χ0) is 38.1. The molecule has 1 unspecified atom stereocenters. The summed E-state index contributed by atoms with van der Waals surface area (Å²) in [6.45, 7) is 15.4. The van der Waals surface area contributed by atoms with E-state index in [1.54, 1.807) is 51.4 Å². The number of fused-ring (bicyclic) bond motifs is 1. The SMILES string of the molecule is C=C[C@@H]1C[C@]1(NC(=O)C1CCCN1C(=O)OC(C)(C)C)C(=O)NS(=O)(=O)N(C)C.COc1ccc2c(=O)cc(-c3nc(C(C)C)cs3)[nH]c2c1C. The highest BCUT2D eigenvalue weighted by Gasteiger charge is 2.61. The highest BCUT2D eigenvalue weighted by Crippen LogP contribution is 2.45. The molecule has 14 nitrogen and oxygen atoms in total. The van der Waals surface area contributed by atoms with E-state index in [0.717, 1.165) is 37.5 Å². The number of benzene rings is 1. The third kappa shape index (κ3) is 8.79. The summed E-state index contributed by atoms with van der Waals surface area (Å²) in [5, 5.41) is 6.21. The maximum absolute atomic E-state index is 12.9. The minimum atomic E-state index is -4.01. The number of hydrogen-bond acceptors (Lipinski definition) is 10. The normalized spacial score (nSPS) is 20.1. The minimum Gasteiger partial charge on any atom is -0.496 e. The standard InChI is InChI=1S/C18H30N4O6S.C17H18N2O2S/c1-7-12-11-18(12,15(24)20-29(26,27)21(5)6)19-14(23)13-9-8-10-22(13)16(25)28-17(2,3)4;1-9(2)13-8-22-17(19-13)12-7-14(20)11-5-6-15(21-4)10(3)16(11)18-12/h7,12-13H,1,8-11H2,2-6H3,(H,19,23)(H,20,24);5-9H,1-4H3,(H,18,20)/t12-,13?,18-;/m1./s1. The zero-order valence-corrected chi connectivity index (χ0v) is 32.2. The fraction of sp³-hybridized carbons (Fsp3) is 0.514. The summed E-state index contributed by atoms with van der Waals surface area (Å²) in [6, 6.07) is 4.46. The van der Waals surface area contributed by atoms with Gasteiger partial charge in [-0.1, -0.05) is 19.9 Å². The van der Waals surface area contributed by atoms with Gasteiger partial charge < -0.3 is 19.8 Å². The molecule has 51 heavy (non-hydrogen) atoms. The number of pyridine rings is 1. The maximum atomic E-state index is 12.9. The first kappa shape index (κ1) is 39.5. The molecule has 3 heterocycles. The number of H-pyrrole nitrogens is 1.